The van der Waals surface area contributed by atoms with E-state index < -0.39 is 6.09 Å². The molecule has 0 saturated carbocycles. The number of rotatable bonds is 0. The van der Waals surface area contributed by atoms with Crippen molar-refractivity contribution in [2.75, 3.05) is 6.54 Å². The molecule has 0 aromatic carbocycles. The second kappa shape index (κ2) is 1.93. The molecule has 0 unspecified atom stereocenters. The summed E-state index contributed by atoms with van der Waals surface area (Å²) in [7, 11) is 0. The molecule has 1 rings (SSSR count). The van der Waals surface area contributed by atoms with Gasteiger partial charge >= 0.3 is 6.09 Å². The number of carbonyl (C=O) groups is 2. The van der Waals surface area contributed by atoms with Crippen LogP contribution in [0, 0.1) is 0 Å². The maximum absolute atomic E-state index is 10.3. The van der Waals surface area contributed by atoms with Gasteiger partial charge in [0, 0.05) is 6.42 Å². The van der Waals surface area contributed by atoms with Crippen molar-refractivity contribution in [1.82, 2.24) is 10.4 Å². The van der Waals surface area contributed by atoms with Crippen LogP contribution in [0.25, 0.3) is 0 Å². The molecule has 9 heavy (non-hydrogen) atoms. The van der Waals surface area contributed by atoms with Crippen LogP contribution < -0.4 is 5.43 Å². The Morgan fingerprint density at radius 3 is 2.67 bits per heavy atom. The minimum atomic E-state index is -1.11. The highest BCUT2D eigenvalue weighted by Crippen LogP contribution is 1.96. The molecule has 0 spiro atoms. The molecule has 0 atom stereocenters. The van der Waals surface area contributed by atoms with Gasteiger partial charge in [0.15, 0.2) is 0 Å². The third-order valence-corrected chi connectivity index (χ3v) is 1.05. The van der Waals surface area contributed by atoms with E-state index in [1.54, 1.807) is 0 Å². The van der Waals surface area contributed by atoms with Crippen molar-refractivity contribution in [3.05, 3.63) is 0 Å². The summed E-state index contributed by atoms with van der Waals surface area (Å²) in [6, 6.07) is 0. The summed E-state index contributed by atoms with van der Waals surface area (Å²) in [5, 5.41) is 9.11. The van der Waals surface area contributed by atoms with E-state index in [-0.39, 0.29) is 18.9 Å². The van der Waals surface area contributed by atoms with Gasteiger partial charge in [0.25, 0.3) is 0 Å². The number of hydrogen-bond acceptors (Lipinski definition) is 2. The molecule has 0 aromatic heterocycles. The molecule has 1 heterocycles. The van der Waals surface area contributed by atoms with Crippen molar-refractivity contribution in [3.63, 3.8) is 0 Å². The summed E-state index contributed by atoms with van der Waals surface area (Å²) in [5.74, 6) is -0.239. The lowest BCUT2D eigenvalue weighted by Crippen LogP contribution is -2.37. The largest absolute Gasteiger partial charge is 0.464 e. The fourth-order valence-corrected chi connectivity index (χ4v) is 0.619. The monoisotopic (exact) mass is 130 g/mol. The van der Waals surface area contributed by atoms with Crippen molar-refractivity contribution in [3.8, 4) is 0 Å². The van der Waals surface area contributed by atoms with Crippen LogP contribution in [0.3, 0.4) is 0 Å². The molecule has 1 aliphatic heterocycles. The van der Waals surface area contributed by atoms with Gasteiger partial charge in [-0.1, -0.05) is 0 Å². The number of nitrogens with one attached hydrogen (secondary N) is 1. The Morgan fingerprint density at radius 2 is 2.44 bits per heavy atom. The van der Waals surface area contributed by atoms with Gasteiger partial charge in [-0.25, -0.2) is 9.80 Å². The van der Waals surface area contributed by atoms with Crippen molar-refractivity contribution < 1.29 is 14.7 Å². The Morgan fingerprint density at radius 1 is 1.78 bits per heavy atom. The smallest absolute Gasteiger partial charge is 0.426 e. The maximum Gasteiger partial charge on any atom is 0.426 e. The number of carboxylic acid groups (broad SMARTS) is 1. The minimum Gasteiger partial charge on any atom is -0.464 e. The van der Waals surface area contributed by atoms with Gasteiger partial charge in [-0.2, -0.15) is 0 Å². The molecule has 0 aliphatic carbocycles. The first-order valence-electron chi connectivity index (χ1n) is 2.50. The summed E-state index contributed by atoms with van der Waals surface area (Å²) in [4.78, 5) is 20.4. The van der Waals surface area contributed by atoms with Crippen LogP contribution in [0.5, 0.6) is 0 Å². The summed E-state index contributed by atoms with van der Waals surface area (Å²) >= 11 is 0. The van der Waals surface area contributed by atoms with Gasteiger partial charge in [-0.3, -0.25) is 10.2 Å². The van der Waals surface area contributed by atoms with Crippen LogP contribution in [0.4, 0.5) is 4.79 Å². The highest BCUT2D eigenvalue weighted by atomic mass is 16.4. The van der Waals surface area contributed by atoms with Gasteiger partial charge in [0.2, 0.25) is 5.91 Å². The Balaban J connectivity index is 2.48. The molecule has 1 fully saturated rings. The van der Waals surface area contributed by atoms with Gasteiger partial charge in [0.05, 0.1) is 6.54 Å². The molecule has 2 N–H and O–H groups in total. The first kappa shape index (κ1) is 5.87. The van der Waals surface area contributed by atoms with E-state index in [2.05, 4.69) is 5.43 Å². The van der Waals surface area contributed by atoms with E-state index in [1.165, 1.54) is 0 Å². The lowest BCUT2D eigenvalue weighted by molar-refractivity contribution is -0.120. The Kier molecular flexibility index (Phi) is 1.26. The molecule has 1 saturated heterocycles. The highest BCUT2D eigenvalue weighted by molar-refractivity contribution is 5.81. The van der Waals surface area contributed by atoms with E-state index in [0.29, 0.717) is 0 Å². The number of hydrogen-bond donors (Lipinski definition) is 2. The van der Waals surface area contributed by atoms with E-state index in [0.717, 1.165) is 5.01 Å². The van der Waals surface area contributed by atoms with Crippen LogP contribution in [-0.4, -0.2) is 28.7 Å². The zero-order valence-corrected chi connectivity index (χ0v) is 4.63. The fraction of sp³-hybridized carbons (Fsp3) is 0.500. The molecule has 0 radical (unpaired) electrons. The Bertz CT molecular complexity index is 156. The van der Waals surface area contributed by atoms with Crippen molar-refractivity contribution in [1.29, 1.82) is 0 Å². The number of hydrazine groups is 1. The molecule has 5 nitrogen and oxygen atoms in total. The second-order valence-electron chi connectivity index (χ2n) is 1.72. The van der Waals surface area contributed by atoms with Gasteiger partial charge in [-0.15, -0.1) is 0 Å². The summed E-state index contributed by atoms with van der Waals surface area (Å²) < 4.78 is 0. The normalized spacial score (nSPS) is 17.8. The third kappa shape index (κ3) is 1.10. The van der Waals surface area contributed by atoms with Gasteiger partial charge < -0.3 is 5.11 Å². The molecule has 5 heteroatoms. The lowest BCUT2D eigenvalue weighted by atomic mass is 10.4. The zero-order chi connectivity index (χ0) is 6.85. The summed E-state index contributed by atoms with van der Waals surface area (Å²) in [5.41, 5.74) is 2.15. The van der Waals surface area contributed by atoms with Gasteiger partial charge in [-0.05, 0) is 0 Å². The van der Waals surface area contributed by atoms with Crippen molar-refractivity contribution >= 4 is 12.0 Å². The van der Waals surface area contributed by atoms with E-state index in [4.69, 9.17) is 5.11 Å². The van der Waals surface area contributed by atoms with Crippen LogP contribution >= 0.6 is 0 Å². The predicted molar refractivity (Wildman–Crippen MR) is 27.5 cm³/mol. The fourth-order valence-electron chi connectivity index (χ4n) is 0.619. The summed E-state index contributed by atoms with van der Waals surface area (Å²) in [6.07, 6.45) is -0.840. The second-order valence-corrected chi connectivity index (χ2v) is 1.72. The van der Waals surface area contributed by atoms with E-state index in [1.807, 2.05) is 0 Å². The predicted octanol–water partition coefficient (Wildman–Crippen LogP) is -0.599. The number of carbonyl (C=O) groups excluding carboxylic acids is 1. The molecular formula is C4H6N2O3. The summed E-state index contributed by atoms with van der Waals surface area (Å²) in [6.45, 7) is 0.258. The van der Waals surface area contributed by atoms with Crippen molar-refractivity contribution in [2.45, 2.75) is 6.42 Å². The molecule has 0 bridgehead atoms. The third-order valence-electron chi connectivity index (χ3n) is 1.05. The minimum absolute atomic E-state index is 0.239. The highest BCUT2D eigenvalue weighted by Gasteiger charge is 2.21. The first-order chi connectivity index (χ1) is 4.20. The van der Waals surface area contributed by atoms with E-state index >= 15 is 0 Å². The van der Waals surface area contributed by atoms with E-state index in [9.17, 15) is 9.59 Å². The van der Waals surface area contributed by atoms with Crippen LogP contribution in [0.2, 0.25) is 0 Å². The molecular weight excluding hydrogens is 124 g/mol. The van der Waals surface area contributed by atoms with Crippen LogP contribution in [0.1, 0.15) is 6.42 Å². The van der Waals surface area contributed by atoms with Crippen LogP contribution in [-0.2, 0) is 4.79 Å². The molecule has 50 valence electrons. The Hall–Kier alpha value is -1.26. The maximum atomic E-state index is 10.3. The number of nitrogens with zero attached hydrogens (tertiary/aromatic N) is 1. The average Bonchev–Trinajstić information content (AvgIpc) is 2.14. The van der Waals surface area contributed by atoms with Gasteiger partial charge in [0.1, 0.15) is 0 Å². The quantitative estimate of drug-likeness (QED) is 0.460. The lowest BCUT2D eigenvalue weighted by Gasteiger charge is -2.07. The average molecular weight is 130 g/mol. The topological polar surface area (TPSA) is 69.6 Å². The number of amides is 2. The van der Waals surface area contributed by atoms with Crippen molar-refractivity contribution in [2.24, 2.45) is 0 Å². The molecule has 1 aliphatic rings. The zero-order valence-electron chi connectivity index (χ0n) is 4.63. The SMILES string of the molecule is O=C1CCN(C(=O)O)N1. The molecule has 0 aromatic rings. The first-order valence-corrected chi connectivity index (χ1v) is 2.50. The Labute approximate surface area is 51.2 Å². The standard InChI is InChI=1S/C4H6N2O3/c7-3-1-2-6(5-3)4(8)9/h1-2H2,(H,5,7)(H,8,9). The van der Waals surface area contributed by atoms with Crippen LogP contribution in [0.15, 0.2) is 0 Å². The molecule has 2 amide bonds.